The first kappa shape index (κ1) is 24.8. The molecule has 2 aliphatic rings. The Morgan fingerprint density at radius 2 is 1.84 bits per heavy atom. The van der Waals surface area contributed by atoms with Crippen molar-refractivity contribution in [3.8, 4) is 16.9 Å². The number of allylic oxidation sites excluding steroid dienone is 1. The van der Waals surface area contributed by atoms with Crippen LogP contribution in [0.3, 0.4) is 0 Å². The summed E-state index contributed by atoms with van der Waals surface area (Å²) in [7, 11) is 0. The molecule has 3 aromatic carbocycles. The van der Waals surface area contributed by atoms with Gasteiger partial charge in [0.15, 0.2) is 12.4 Å². The monoisotopic (exact) mass is 516 g/mol. The van der Waals surface area contributed by atoms with Crippen molar-refractivity contribution in [3.63, 3.8) is 0 Å². The van der Waals surface area contributed by atoms with Crippen LogP contribution in [0.15, 0.2) is 84.9 Å². The average molecular weight is 517 g/mol. The van der Waals surface area contributed by atoms with E-state index in [-0.39, 0.29) is 47.8 Å². The zero-order chi connectivity index (χ0) is 25.9. The highest BCUT2D eigenvalue weighted by molar-refractivity contribution is 6.30. The molecule has 1 aliphatic carbocycles. The maximum atomic E-state index is 12.6. The fourth-order valence-corrected chi connectivity index (χ4v) is 5.59. The number of rotatable bonds is 8. The standard InChI is InChI=1S/C30H25ClO6/c31-20-4-3-5-22(14-20)36-17-21(32)12-13-25-26(15-28-27(25)16-29(33)37-28)24-7-2-1-6-23(24)18-8-10-19(11-9-18)30(34)35/h1-14,25-28H,15-17H2,(H,34,35). The number of hydrogen-bond acceptors (Lipinski definition) is 5. The third-order valence-electron chi connectivity index (χ3n) is 7.09. The number of ether oxygens (including phenoxy) is 2. The Kier molecular flexibility index (Phi) is 7.10. The lowest BCUT2D eigenvalue weighted by molar-refractivity contribution is -0.141. The molecule has 0 spiro atoms. The Labute approximate surface area is 219 Å². The van der Waals surface area contributed by atoms with Crippen molar-refractivity contribution in [1.82, 2.24) is 0 Å². The van der Waals surface area contributed by atoms with Crippen LogP contribution in [0.5, 0.6) is 5.75 Å². The minimum absolute atomic E-state index is 0.0159. The van der Waals surface area contributed by atoms with Crippen molar-refractivity contribution >= 4 is 29.3 Å². The Balaban J connectivity index is 1.39. The molecule has 3 aromatic rings. The number of aromatic carboxylic acids is 1. The van der Waals surface area contributed by atoms with E-state index in [0.29, 0.717) is 23.6 Å². The normalized spacial score (nSPS) is 22.6. The molecule has 6 nitrogen and oxygen atoms in total. The Bertz CT molecular complexity index is 1360. The molecule has 1 saturated carbocycles. The largest absolute Gasteiger partial charge is 0.485 e. The molecular formula is C30H25ClO6. The molecule has 5 rings (SSSR count). The molecular weight excluding hydrogens is 492 g/mol. The minimum Gasteiger partial charge on any atom is -0.485 e. The van der Waals surface area contributed by atoms with Crippen LogP contribution in [0, 0.1) is 11.8 Å². The number of carbonyl (C=O) groups excluding carboxylic acids is 2. The van der Waals surface area contributed by atoms with E-state index in [1.165, 1.54) is 6.08 Å². The fourth-order valence-electron chi connectivity index (χ4n) is 5.41. The van der Waals surface area contributed by atoms with Gasteiger partial charge in [-0.3, -0.25) is 9.59 Å². The molecule has 7 heteroatoms. The van der Waals surface area contributed by atoms with Crippen LogP contribution < -0.4 is 4.74 Å². The van der Waals surface area contributed by atoms with Gasteiger partial charge in [-0.2, -0.15) is 0 Å². The predicted octanol–water partition coefficient (Wildman–Crippen LogP) is 5.94. The van der Waals surface area contributed by atoms with Crippen molar-refractivity contribution in [2.24, 2.45) is 11.8 Å². The highest BCUT2D eigenvalue weighted by Crippen LogP contribution is 2.51. The zero-order valence-electron chi connectivity index (χ0n) is 19.9. The topological polar surface area (TPSA) is 89.9 Å². The maximum Gasteiger partial charge on any atom is 0.335 e. The van der Waals surface area contributed by atoms with Gasteiger partial charge in [0, 0.05) is 10.9 Å². The van der Waals surface area contributed by atoms with Crippen LogP contribution >= 0.6 is 11.6 Å². The van der Waals surface area contributed by atoms with E-state index in [4.69, 9.17) is 21.1 Å². The zero-order valence-corrected chi connectivity index (χ0v) is 20.6. The molecule has 1 saturated heterocycles. The van der Waals surface area contributed by atoms with E-state index in [1.807, 2.05) is 24.3 Å². The van der Waals surface area contributed by atoms with Gasteiger partial charge >= 0.3 is 11.9 Å². The summed E-state index contributed by atoms with van der Waals surface area (Å²) in [6, 6.07) is 21.6. The number of carbonyl (C=O) groups is 3. The predicted molar refractivity (Wildman–Crippen MR) is 139 cm³/mol. The Morgan fingerprint density at radius 3 is 2.59 bits per heavy atom. The number of halogens is 1. The molecule has 0 radical (unpaired) electrons. The molecule has 1 N–H and O–H groups in total. The molecule has 4 atom stereocenters. The number of benzene rings is 3. The molecule has 2 fully saturated rings. The molecule has 0 aromatic heterocycles. The molecule has 1 aliphatic heterocycles. The van der Waals surface area contributed by atoms with Crippen molar-refractivity contribution in [3.05, 3.63) is 101 Å². The number of esters is 1. The first-order chi connectivity index (χ1) is 17.9. The fraction of sp³-hybridized carbons (Fsp3) is 0.233. The van der Waals surface area contributed by atoms with Crippen LogP contribution in [0.1, 0.15) is 34.7 Å². The van der Waals surface area contributed by atoms with Gasteiger partial charge in [0.1, 0.15) is 11.9 Å². The number of ketones is 1. The summed E-state index contributed by atoms with van der Waals surface area (Å²) in [5, 5.41) is 9.78. The molecule has 188 valence electrons. The lowest BCUT2D eigenvalue weighted by Crippen LogP contribution is -2.16. The van der Waals surface area contributed by atoms with Crippen LogP contribution in [0.4, 0.5) is 0 Å². The quantitative estimate of drug-likeness (QED) is 0.294. The van der Waals surface area contributed by atoms with Crippen molar-refractivity contribution in [2.45, 2.75) is 24.9 Å². The van der Waals surface area contributed by atoms with Crippen LogP contribution in [0.25, 0.3) is 11.1 Å². The second-order valence-corrected chi connectivity index (χ2v) is 9.79. The smallest absolute Gasteiger partial charge is 0.335 e. The van der Waals surface area contributed by atoms with Crippen LogP contribution in [0.2, 0.25) is 5.02 Å². The molecule has 0 bridgehead atoms. The minimum atomic E-state index is -0.973. The number of carboxylic acid groups (broad SMARTS) is 1. The van der Waals surface area contributed by atoms with Gasteiger partial charge in [0.05, 0.1) is 12.0 Å². The SMILES string of the molecule is O=C(C=CC1C(c2ccccc2-c2ccc(C(=O)O)cc2)CC2OC(=O)CC21)COc1cccc(Cl)c1. The van der Waals surface area contributed by atoms with Gasteiger partial charge in [-0.15, -0.1) is 0 Å². The summed E-state index contributed by atoms with van der Waals surface area (Å²) in [5.41, 5.74) is 3.20. The second kappa shape index (κ2) is 10.6. The van der Waals surface area contributed by atoms with Crippen LogP contribution in [-0.2, 0) is 14.3 Å². The Morgan fingerprint density at radius 1 is 1.05 bits per heavy atom. The van der Waals surface area contributed by atoms with Crippen LogP contribution in [-0.4, -0.2) is 35.5 Å². The molecule has 0 amide bonds. The van der Waals surface area contributed by atoms with E-state index in [2.05, 4.69) is 6.07 Å². The van der Waals surface area contributed by atoms with Crippen molar-refractivity contribution in [1.29, 1.82) is 0 Å². The number of fused-ring (bicyclic) bond motifs is 1. The summed E-state index contributed by atoms with van der Waals surface area (Å²) < 4.78 is 11.2. The number of carboxylic acids is 1. The lowest BCUT2D eigenvalue weighted by Gasteiger charge is -2.23. The molecule has 37 heavy (non-hydrogen) atoms. The lowest BCUT2D eigenvalue weighted by atomic mass is 9.80. The Hall–Kier alpha value is -3.90. The van der Waals surface area contributed by atoms with Crippen molar-refractivity contribution < 1.29 is 29.0 Å². The van der Waals surface area contributed by atoms with E-state index >= 15 is 0 Å². The highest BCUT2D eigenvalue weighted by Gasteiger charge is 2.49. The van der Waals surface area contributed by atoms with Crippen molar-refractivity contribution in [2.75, 3.05) is 6.61 Å². The van der Waals surface area contributed by atoms with Gasteiger partial charge < -0.3 is 14.6 Å². The maximum absolute atomic E-state index is 12.6. The molecule has 1 heterocycles. The van der Waals surface area contributed by atoms with Gasteiger partial charge in [0.25, 0.3) is 0 Å². The van der Waals surface area contributed by atoms with E-state index in [1.54, 1.807) is 48.5 Å². The highest BCUT2D eigenvalue weighted by atomic mass is 35.5. The first-order valence-electron chi connectivity index (χ1n) is 12.1. The second-order valence-electron chi connectivity index (χ2n) is 9.36. The number of hydrogen-bond donors (Lipinski definition) is 1. The average Bonchev–Trinajstić information content (AvgIpc) is 3.42. The third kappa shape index (κ3) is 5.44. The summed E-state index contributed by atoms with van der Waals surface area (Å²) in [6.45, 7) is -0.121. The van der Waals surface area contributed by atoms with E-state index < -0.39 is 5.97 Å². The summed E-state index contributed by atoms with van der Waals surface area (Å²) in [5.74, 6) is -0.921. The van der Waals surface area contributed by atoms with Gasteiger partial charge in [0.2, 0.25) is 0 Å². The third-order valence-corrected chi connectivity index (χ3v) is 7.33. The summed E-state index contributed by atoms with van der Waals surface area (Å²) >= 11 is 5.98. The first-order valence-corrected chi connectivity index (χ1v) is 12.5. The van der Waals surface area contributed by atoms with Gasteiger partial charge in [-0.05, 0) is 71.4 Å². The molecule has 4 unspecified atom stereocenters. The van der Waals surface area contributed by atoms with Gasteiger partial charge in [-0.1, -0.05) is 60.1 Å². The van der Waals surface area contributed by atoms with E-state index in [0.717, 1.165) is 16.7 Å². The van der Waals surface area contributed by atoms with E-state index in [9.17, 15) is 19.5 Å². The van der Waals surface area contributed by atoms with Gasteiger partial charge in [-0.25, -0.2) is 4.79 Å². The summed E-state index contributed by atoms with van der Waals surface area (Å²) in [6.07, 6.45) is 4.21. The summed E-state index contributed by atoms with van der Waals surface area (Å²) in [4.78, 5) is 36.0.